The predicted molar refractivity (Wildman–Crippen MR) is 85.5 cm³/mol. The summed E-state index contributed by atoms with van der Waals surface area (Å²) in [6.07, 6.45) is 0.630. The molecule has 1 unspecified atom stereocenters. The minimum absolute atomic E-state index is 0.139. The highest BCUT2D eigenvalue weighted by molar-refractivity contribution is 7.84. The number of hydrogen-bond donors (Lipinski definition) is 1. The fourth-order valence-corrected chi connectivity index (χ4v) is 2.94. The molecule has 1 heterocycles. The largest absolute Gasteiger partial charge is 0.497 e. The highest BCUT2D eigenvalue weighted by Gasteiger charge is 2.11. The summed E-state index contributed by atoms with van der Waals surface area (Å²) in [4.78, 5) is 10.7. The number of carboxylic acid groups (broad SMARTS) is 1. The molecule has 6 nitrogen and oxygen atoms in total. The number of furan rings is 1. The van der Waals surface area contributed by atoms with Crippen molar-refractivity contribution in [2.45, 2.75) is 12.2 Å². The SMILES string of the molecule is COc1ccc(OCCCS(=O)Cc2ccc(C(=O)O)o2)cc1. The van der Waals surface area contributed by atoms with Crippen molar-refractivity contribution >= 4 is 16.8 Å². The number of benzene rings is 1. The van der Waals surface area contributed by atoms with Crippen molar-refractivity contribution in [3.05, 3.63) is 47.9 Å². The van der Waals surface area contributed by atoms with E-state index in [0.717, 1.165) is 11.5 Å². The van der Waals surface area contributed by atoms with Gasteiger partial charge in [-0.05, 0) is 42.8 Å². The van der Waals surface area contributed by atoms with Crippen molar-refractivity contribution in [1.29, 1.82) is 0 Å². The van der Waals surface area contributed by atoms with Gasteiger partial charge in [0.2, 0.25) is 5.76 Å². The number of methoxy groups -OCH3 is 1. The van der Waals surface area contributed by atoms with Crippen molar-refractivity contribution in [2.24, 2.45) is 0 Å². The zero-order chi connectivity index (χ0) is 16.7. The van der Waals surface area contributed by atoms with Crippen LogP contribution < -0.4 is 9.47 Å². The average molecular weight is 338 g/mol. The normalized spacial score (nSPS) is 11.9. The molecule has 0 aliphatic heterocycles. The molecule has 0 saturated heterocycles. The Labute approximate surface area is 136 Å². The van der Waals surface area contributed by atoms with Gasteiger partial charge in [0, 0.05) is 16.6 Å². The Bertz CT molecular complexity index is 661. The predicted octanol–water partition coefficient (Wildman–Crippen LogP) is 2.70. The van der Waals surface area contributed by atoms with E-state index >= 15 is 0 Å². The maximum Gasteiger partial charge on any atom is 0.371 e. The van der Waals surface area contributed by atoms with Crippen LogP contribution in [0.15, 0.2) is 40.8 Å². The van der Waals surface area contributed by atoms with Gasteiger partial charge < -0.3 is 19.0 Å². The first-order valence-corrected chi connectivity index (χ1v) is 8.51. The van der Waals surface area contributed by atoms with Crippen LogP contribution in [0.1, 0.15) is 22.7 Å². The minimum atomic E-state index is -1.13. The van der Waals surface area contributed by atoms with E-state index in [1.165, 1.54) is 12.1 Å². The first-order chi connectivity index (χ1) is 11.1. The molecule has 0 aliphatic carbocycles. The molecule has 0 amide bonds. The quantitative estimate of drug-likeness (QED) is 0.708. The van der Waals surface area contributed by atoms with Gasteiger partial charge in [-0.3, -0.25) is 4.21 Å². The molecule has 2 aromatic rings. The Kier molecular flexibility index (Phi) is 6.22. The maximum atomic E-state index is 11.9. The third kappa shape index (κ3) is 5.45. The summed E-state index contributed by atoms with van der Waals surface area (Å²) < 4.78 is 27.6. The second-order valence-electron chi connectivity index (χ2n) is 4.74. The van der Waals surface area contributed by atoms with E-state index in [0.29, 0.717) is 24.5 Å². The second kappa shape index (κ2) is 8.38. The van der Waals surface area contributed by atoms with Gasteiger partial charge in [-0.1, -0.05) is 0 Å². The molecule has 0 saturated carbocycles. The highest BCUT2D eigenvalue weighted by atomic mass is 32.2. The van der Waals surface area contributed by atoms with Crippen molar-refractivity contribution in [3.63, 3.8) is 0 Å². The smallest absolute Gasteiger partial charge is 0.371 e. The summed E-state index contributed by atoms with van der Waals surface area (Å²) in [6, 6.07) is 10.1. The zero-order valence-electron chi connectivity index (χ0n) is 12.7. The summed E-state index contributed by atoms with van der Waals surface area (Å²) in [7, 11) is 0.480. The Morgan fingerprint density at radius 1 is 1.17 bits per heavy atom. The lowest BCUT2D eigenvalue weighted by Gasteiger charge is -2.06. The molecular weight excluding hydrogens is 320 g/mol. The number of hydrogen-bond acceptors (Lipinski definition) is 5. The van der Waals surface area contributed by atoms with Gasteiger partial charge in [-0.15, -0.1) is 0 Å². The summed E-state index contributed by atoms with van der Waals surface area (Å²) >= 11 is 0. The van der Waals surface area contributed by atoms with Crippen molar-refractivity contribution in [3.8, 4) is 11.5 Å². The lowest BCUT2D eigenvalue weighted by Crippen LogP contribution is -2.06. The van der Waals surface area contributed by atoms with E-state index in [1.807, 2.05) is 24.3 Å². The third-order valence-electron chi connectivity index (χ3n) is 3.02. The second-order valence-corrected chi connectivity index (χ2v) is 6.31. The molecule has 0 radical (unpaired) electrons. The van der Waals surface area contributed by atoms with Gasteiger partial charge in [0.25, 0.3) is 0 Å². The summed E-state index contributed by atoms with van der Waals surface area (Å²) in [5.41, 5.74) is 0. The molecule has 1 atom stereocenters. The van der Waals surface area contributed by atoms with E-state index in [2.05, 4.69) is 0 Å². The van der Waals surface area contributed by atoms with Crippen molar-refractivity contribution in [1.82, 2.24) is 0 Å². The molecule has 124 valence electrons. The van der Waals surface area contributed by atoms with Crippen LogP contribution in [0.4, 0.5) is 0 Å². The van der Waals surface area contributed by atoms with Crippen LogP contribution in [0.5, 0.6) is 11.5 Å². The first-order valence-electron chi connectivity index (χ1n) is 7.02. The van der Waals surface area contributed by atoms with E-state index in [4.69, 9.17) is 19.0 Å². The first kappa shape index (κ1) is 17.1. The van der Waals surface area contributed by atoms with Crippen molar-refractivity contribution < 1.29 is 28.0 Å². The number of carbonyl (C=O) groups is 1. The molecule has 0 bridgehead atoms. The Hall–Kier alpha value is -2.28. The van der Waals surface area contributed by atoms with Gasteiger partial charge in [-0.2, -0.15) is 0 Å². The average Bonchev–Trinajstić information content (AvgIpc) is 3.01. The van der Waals surface area contributed by atoms with Gasteiger partial charge in [0.05, 0.1) is 19.5 Å². The minimum Gasteiger partial charge on any atom is -0.497 e. The standard InChI is InChI=1S/C16H18O6S/c1-20-12-3-5-13(6-4-12)21-9-2-10-23(19)11-14-7-8-15(22-14)16(17)18/h3-8H,2,9-11H2,1H3,(H,17,18). The zero-order valence-corrected chi connectivity index (χ0v) is 13.5. The molecule has 23 heavy (non-hydrogen) atoms. The topological polar surface area (TPSA) is 86.0 Å². The molecule has 1 N–H and O–H groups in total. The molecule has 1 aromatic carbocycles. The van der Waals surface area contributed by atoms with Crippen LogP contribution in [-0.4, -0.2) is 34.8 Å². The Balaban J connectivity index is 1.68. The summed E-state index contributed by atoms with van der Waals surface area (Å²) in [5, 5.41) is 8.75. The third-order valence-corrected chi connectivity index (χ3v) is 4.37. The Morgan fingerprint density at radius 3 is 2.48 bits per heavy atom. The lowest BCUT2D eigenvalue weighted by atomic mass is 10.3. The van der Waals surface area contributed by atoms with E-state index < -0.39 is 16.8 Å². The molecule has 2 rings (SSSR count). The van der Waals surface area contributed by atoms with Crippen LogP contribution in [0, 0.1) is 0 Å². The summed E-state index contributed by atoms with van der Waals surface area (Å²) in [6.45, 7) is 0.455. The molecule has 1 aromatic heterocycles. The fraction of sp³-hybridized carbons (Fsp3) is 0.312. The monoisotopic (exact) mass is 338 g/mol. The number of ether oxygens (including phenoxy) is 2. The number of rotatable bonds is 9. The maximum absolute atomic E-state index is 11.9. The van der Waals surface area contributed by atoms with Gasteiger partial charge >= 0.3 is 5.97 Å². The van der Waals surface area contributed by atoms with Gasteiger partial charge in [0.15, 0.2) is 0 Å². The van der Waals surface area contributed by atoms with Crippen LogP contribution >= 0.6 is 0 Å². The van der Waals surface area contributed by atoms with Gasteiger partial charge in [0.1, 0.15) is 17.3 Å². The highest BCUT2D eigenvalue weighted by Crippen LogP contribution is 2.17. The molecule has 7 heteroatoms. The Morgan fingerprint density at radius 2 is 1.87 bits per heavy atom. The van der Waals surface area contributed by atoms with Crippen LogP contribution in [0.2, 0.25) is 0 Å². The van der Waals surface area contributed by atoms with E-state index in [-0.39, 0.29) is 11.5 Å². The molecule has 0 aliphatic rings. The summed E-state index contributed by atoms with van der Waals surface area (Å²) in [5.74, 6) is 1.30. The number of carboxylic acids is 1. The molecule has 0 fully saturated rings. The van der Waals surface area contributed by atoms with Crippen LogP contribution in [0.25, 0.3) is 0 Å². The fourth-order valence-electron chi connectivity index (χ4n) is 1.88. The van der Waals surface area contributed by atoms with Gasteiger partial charge in [-0.25, -0.2) is 4.79 Å². The van der Waals surface area contributed by atoms with E-state index in [9.17, 15) is 9.00 Å². The molecule has 0 spiro atoms. The number of aromatic carboxylic acids is 1. The van der Waals surface area contributed by atoms with E-state index in [1.54, 1.807) is 7.11 Å². The van der Waals surface area contributed by atoms with Crippen LogP contribution in [-0.2, 0) is 16.6 Å². The van der Waals surface area contributed by atoms with Crippen molar-refractivity contribution in [2.75, 3.05) is 19.5 Å². The lowest BCUT2D eigenvalue weighted by molar-refractivity contribution is 0.0660. The molecular formula is C16H18O6S. The van der Waals surface area contributed by atoms with Crippen LogP contribution in [0.3, 0.4) is 0 Å².